The smallest absolute Gasteiger partial charge is 0.259 e. The highest BCUT2D eigenvalue weighted by molar-refractivity contribution is 7.97. The third kappa shape index (κ3) is 4.83. The van der Waals surface area contributed by atoms with E-state index in [1.54, 1.807) is 12.1 Å². The Morgan fingerprint density at radius 2 is 2.00 bits per heavy atom. The molecule has 0 radical (unpaired) electrons. The average molecular weight is 405 g/mol. The van der Waals surface area contributed by atoms with Crippen molar-refractivity contribution in [2.75, 3.05) is 11.9 Å². The third-order valence-electron chi connectivity index (χ3n) is 2.87. The molecular formula is C15H18Cl2N4OS2. The molecule has 0 unspecified atom stereocenters. The second-order valence-corrected chi connectivity index (χ2v) is 8.71. The van der Waals surface area contributed by atoms with E-state index in [9.17, 15) is 4.79 Å². The fraction of sp³-hybridized carbons (Fsp3) is 0.400. The summed E-state index contributed by atoms with van der Waals surface area (Å²) >= 11 is 15.0. The number of carbonyl (C=O) groups is 1. The SMILES string of the molecule is CCNSc1cc(Cl)c(Cl)c(C(=O)Nc2nnc(C(C)(C)C)s2)c1. The fourth-order valence-electron chi connectivity index (χ4n) is 1.69. The van der Waals surface area contributed by atoms with Gasteiger partial charge in [-0.3, -0.25) is 14.8 Å². The first-order valence-electron chi connectivity index (χ1n) is 7.26. The van der Waals surface area contributed by atoms with Crippen molar-refractivity contribution in [2.45, 2.75) is 38.0 Å². The molecule has 2 aromatic rings. The Kier molecular flexibility index (Phi) is 6.50. The number of hydrogen-bond donors (Lipinski definition) is 2. The molecule has 0 saturated carbocycles. The molecule has 0 saturated heterocycles. The van der Waals surface area contributed by atoms with Crippen LogP contribution in [0.15, 0.2) is 17.0 Å². The van der Waals surface area contributed by atoms with Crippen molar-refractivity contribution in [3.63, 3.8) is 0 Å². The highest BCUT2D eigenvalue weighted by atomic mass is 35.5. The number of nitrogens with zero attached hydrogens (tertiary/aromatic N) is 2. The van der Waals surface area contributed by atoms with Crippen LogP contribution < -0.4 is 10.0 Å². The Morgan fingerprint density at radius 3 is 2.58 bits per heavy atom. The summed E-state index contributed by atoms with van der Waals surface area (Å²) in [4.78, 5) is 13.3. The van der Waals surface area contributed by atoms with Crippen molar-refractivity contribution < 1.29 is 4.79 Å². The molecule has 0 atom stereocenters. The number of anilines is 1. The molecule has 1 aromatic carbocycles. The van der Waals surface area contributed by atoms with Gasteiger partial charge in [-0.25, -0.2) is 0 Å². The van der Waals surface area contributed by atoms with E-state index in [2.05, 4.69) is 20.2 Å². The quantitative estimate of drug-likeness (QED) is 0.685. The summed E-state index contributed by atoms with van der Waals surface area (Å²) in [6.07, 6.45) is 0. The maximum Gasteiger partial charge on any atom is 0.259 e. The molecule has 0 aliphatic carbocycles. The molecule has 0 aliphatic heterocycles. The van der Waals surface area contributed by atoms with E-state index in [-0.39, 0.29) is 16.3 Å². The Bertz CT molecular complexity index is 744. The normalized spacial score (nSPS) is 11.6. The van der Waals surface area contributed by atoms with Gasteiger partial charge >= 0.3 is 0 Å². The molecule has 1 aromatic heterocycles. The van der Waals surface area contributed by atoms with Gasteiger partial charge in [0.25, 0.3) is 5.91 Å². The molecule has 1 heterocycles. The molecule has 1 amide bonds. The minimum atomic E-state index is -0.363. The van der Waals surface area contributed by atoms with Gasteiger partial charge in [-0.1, -0.05) is 62.2 Å². The summed E-state index contributed by atoms with van der Waals surface area (Å²) in [6.45, 7) is 8.89. The topological polar surface area (TPSA) is 66.9 Å². The maximum absolute atomic E-state index is 12.5. The van der Waals surface area contributed by atoms with Crippen molar-refractivity contribution in [2.24, 2.45) is 0 Å². The summed E-state index contributed by atoms with van der Waals surface area (Å²) < 4.78 is 3.11. The Morgan fingerprint density at radius 1 is 1.29 bits per heavy atom. The van der Waals surface area contributed by atoms with Crippen LogP contribution >= 0.6 is 46.5 Å². The highest BCUT2D eigenvalue weighted by Crippen LogP contribution is 2.32. The number of carbonyl (C=O) groups excluding carboxylic acids is 1. The van der Waals surface area contributed by atoms with Crippen molar-refractivity contribution in [3.05, 3.63) is 32.7 Å². The molecule has 5 nitrogen and oxygen atoms in total. The predicted molar refractivity (Wildman–Crippen MR) is 103 cm³/mol. The van der Waals surface area contributed by atoms with Crippen LogP contribution in [0.4, 0.5) is 5.13 Å². The van der Waals surface area contributed by atoms with Crippen LogP contribution in [-0.2, 0) is 5.41 Å². The first-order valence-corrected chi connectivity index (χ1v) is 9.65. The lowest BCUT2D eigenvalue weighted by atomic mass is 9.98. The van der Waals surface area contributed by atoms with Gasteiger partial charge in [-0.15, -0.1) is 10.2 Å². The predicted octanol–water partition coefficient (Wildman–Crippen LogP) is 5.01. The van der Waals surface area contributed by atoms with Crippen molar-refractivity contribution in [1.29, 1.82) is 0 Å². The first-order chi connectivity index (χ1) is 11.2. The number of amides is 1. The van der Waals surface area contributed by atoms with Crippen molar-refractivity contribution in [3.8, 4) is 0 Å². The third-order valence-corrected chi connectivity index (χ3v) is 5.84. The lowest BCUT2D eigenvalue weighted by molar-refractivity contribution is 0.102. The molecule has 24 heavy (non-hydrogen) atoms. The standard InChI is InChI=1S/C15H18Cl2N4OS2/c1-5-18-24-8-6-9(11(17)10(16)7-8)12(22)19-14-21-20-13(23-14)15(2,3)4/h6-7,18H,5H2,1-4H3,(H,19,21,22). The maximum atomic E-state index is 12.5. The van der Waals surface area contributed by atoms with Crippen LogP contribution in [0.1, 0.15) is 43.1 Å². The van der Waals surface area contributed by atoms with E-state index >= 15 is 0 Å². The summed E-state index contributed by atoms with van der Waals surface area (Å²) in [5, 5.41) is 12.7. The van der Waals surface area contributed by atoms with E-state index < -0.39 is 0 Å². The van der Waals surface area contributed by atoms with Gasteiger partial charge in [-0.05, 0) is 24.1 Å². The van der Waals surface area contributed by atoms with Gasteiger partial charge in [0.05, 0.1) is 15.6 Å². The summed E-state index contributed by atoms with van der Waals surface area (Å²) in [7, 11) is 0. The lowest BCUT2D eigenvalue weighted by Crippen LogP contribution is -2.13. The number of benzene rings is 1. The summed E-state index contributed by atoms with van der Waals surface area (Å²) in [6, 6.07) is 3.42. The van der Waals surface area contributed by atoms with Crippen molar-refractivity contribution >= 4 is 57.5 Å². The first kappa shape index (κ1) is 19.5. The second kappa shape index (κ2) is 8.01. The molecule has 0 bridgehead atoms. The van der Waals surface area contributed by atoms with Crippen LogP contribution in [0, 0.1) is 0 Å². The van der Waals surface area contributed by atoms with E-state index in [0.29, 0.717) is 15.7 Å². The minimum Gasteiger partial charge on any atom is -0.296 e. The minimum absolute atomic E-state index is 0.121. The molecule has 0 spiro atoms. The van der Waals surface area contributed by atoms with Crippen LogP contribution in [0.25, 0.3) is 0 Å². The van der Waals surface area contributed by atoms with E-state index in [1.807, 2.05) is 27.7 Å². The Balaban J connectivity index is 2.22. The van der Waals surface area contributed by atoms with Gasteiger partial charge in [0.1, 0.15) is 5.01 Å². The second-order valence-electron chi connectivity index (χ2n) is 5.98. The van der Waals surface area contributed by atoms with Crippen LogP contribution in [0.5, 0.6) is 0 Å². The molecule has 0 fully saturated rings. The molecule has 0 aliphatic rings. The zero-order valence-electron chi connectivity index (χ0n) is 13.7. The van der Waals surface area contributed by atoms with Gasteiger partial charge in [0.2, 0.25) is 5.13 Å². The number of aromatic nitrogens is 2. The lowest BCUT2D eigenvalue weighted by Gasteiger charge is -2.12. The zero-order chi connectivity index (χ0) is 17.9. The van der Waals surface area contributed by atoms with Crippen LogP contribution in [0.2, 0.25) is 10.0 Å². The Labute approximate surface area is 159 Å². The highest BCUT2D eigenvalue weighted by Gasteiger charge is 2.21. The van der Waals surface area contributed by atoms with E-state index in [0.717, 1.165) is 16.4 Å². The fourth-order valence-corrected chi connectivity index (χ4v) is 3.63. The Hall–Kier alpha value is -0.860. The van der Waals surface area contributed by atoms with Gasteiger partial charge in [-0.2, -0.15) is 0 Å². The number of rotatable bonds is 5. The zero-order valence-corrected chi connectivity index (χ0v) is 16.9. The van der Waals surface area contributed by atoms with Gasteiger partial charge in [0, 0.05) is 16.9 Å². The molecule has 9 heteroatoms. The molecular weight excluding hydrogens is 387 g/mol. The van der Waals surface area contributed by atoms with Crippen LogP contribution in [0.3, 0.4) is 0 Å². The monoisotopic (exact) mass is 404 g/mol. The van der Waals surface area contributed by atoms with Crippen LogP contribution in [-0.4, -0.2) is 22.6 Å². The average Bonchev–Trinajstić information content (AvgIpc) is 2.96. The molecule has 130 valence electrons. The number of halogens is 2. The molecule has 2 N–H and O–H groups in total. The summed E-state index contributed by atoms with van der Waals surface area (Å²) in [5.41, 5.74) is 0.182. The number of hydrogen-bond acceptors (Lipinski definition) is 6. The van der Waals surface area contributed by atoms with E-state index in [4.69, 9.17) is 23.2 Å². The van der Waals surface area contributed by atoms with Gasteiger partial charge in [0.15, 0.2) is 0 Å². The summed E-state index contributed by atoms with van der Waals surface area (Å²) in [5.74, 6) is -0.363. The number of nitrogens with one attached hydrogen (secondary N) is 2. The largest absolute Gasteiger partial charge is 0.296 e. The van der Waals surface area contributed by atoms with Gasteiger partial charge < -0.3 is 0 Å². The van der Waals surface area contributed by atoms with Crippen molar-refractivity contribution in [1.82, 2.24) is 14.9 Å². The molecule has 2 rings (SSSR count). The van der Waals surface area contributed by atoms with E-state index in [1.165, 1.54) is 23.3 Å².